The maximum Gasteiger partial charge on any atom is 0.408 e. The molecule has 0 aromatic heterocycles. The van der Waals surface area contributed by atoms with Crippen molar-refractivity contribution >= 4 is 22.0 Å². The number of ether oxygens (including phenoxy) is 1. The summed E-state index contributed by atoms with van der Waals surface area (Å²) in [5.74, 6) is -0.309. The van der Waals surface area contributed by atoms with Gasteiger partial charge >= 0.3 is 6.09 Å². The fraction of sp³-hybridized carbons (Fsp3) is 0.500. The smallest absolute Gasteiger partial charge is 0.408 e. The van der Waals surface area contributed by atoms with E-state index in [0.717, 1.165) is 17.3 Å². The lowest BCUT2D eigenvalue weighted by atomic mass is 10.0. The van der Waals surface area contributed by atoms with Crippen LogP contribution >= 0.6 is 15.9 Å². The van der Waals surface area contributed by atoms with Gasteiger partial charge in [0.05, 0.1) is 5.54 Å². The molecule has 0 heterocycles. The van der Waals surface area contributed by atoms with E-state index in [4.69, 9.17) is 4.74 Å². The van der Waals surface area contributed by atoms with Gasteiger partial charge in [0, 0.05) is 10.0 Å². The minimum atomic E-state index is -0.615. The second kappa shape index (κ2) is 4.78. The molecule has 0 unspecified atom stereocenters. The predicted molar refractivity (Wildman–Crippen MR) is 74.4 cm³/mol. The van der Waals surface area contributed by atoms with Crippen molar-refractivity contribution in [1.82, 2.24) is 5.32 Å². The Morgan fingerprint density at radius 2 is 2.05 bits per heavy atom. The molecule has 0 spiro atoms. The van der Waals surface area contributed by atoms with Crippen molar-refractivity contribution < 1.29 is 13.9 Å². The van der Waals surface area contributed by atoms with Crippen molar-refractivity contribution in [1.29, 1.82) is 0 Å². The van der Waals surface area contributed by atoms with Crippen LogP contribution < -0.4 is 5.32 Å². The number of carbonyl (C=O) groups excluding carboxylic acids is 1. The summed E-state index contributed by atoms with van der Waals surface area (Å²) in [5, 5.41) is 2.79. The highest BCUT2D eigenvalue weighted by Gasteiger charge is 2.48. The summed E-state index contributed by atoms with van der Waals surface area (Å²) in [4.78, 5) is 11.8. The highest BCUT2D eigenvalue weighted by atomic mass is 79.9. The molecular formula is C14H17BrFNO2. The molecule has 1 fully saturated rings. The first-order chi connectivity index (χ1) is 8.72. The van der Waals surface area contributed by atoms with Crippen LogP contribution in [-0.4, -0.2) is 11.7 Å². The number of hydrogen-bond acceptors (Lipinski definition) is 2. The van der Waals surface area contributed by atoms with Crippen molar-refractivity contribution in [3.05, 3.63) is 34.1 Å². The Kier molecular flexibility index (Phi) is 3.60. The quantitative estimate of drug-likeness (QED) is 0.886. The van der Waals surface area contributed by atoms with Crippen LogP contribution in [0.5, 0.6) is 0 Å². The highest BCUT2D eigenvalue weighted by molar-refractivity contribution is 9.10. The Morgan fingerprint density at radius 3 is 2.58 bits per heavy atom. The third-order valence-corrected chi connectivity index (χ3v) is 3.43. The number of rotatable bonds is 2. The number of halogens is 2. The van der Waals surface area contributed by atoms with Gasteiger partial charge in [-0.05, 0) is 51.8 Å². The maximum atomic E-state index is 13.9. The average Bonchev–Trinajstić information content (AvgIpc) is 2.99. The monoisotopic (exact) mass is 329 g/mol. The van der Waals surface area contributed by atoms with Crippen molar-refractivity contribution in [3.63, 3.8) is 0 Å². The van der Waals surface area contributed by atoms with Gasteiger partial charge in [-0.1, -0.05) is 15.9 Å². The highest BCUT2D eigenvalue weighted by Crippen LogP contribution is 2.47. The Balaban J connectivity index is 2.15. The summed E-state index contributed by atoms with van der Waals surface area (Å²) >= 11 is 3.32. The summed E-state index contributed by atoms with van der Waals surface area (Å²) in [6.45, 7) is 5.39. The van der Waals surface area contributed by atoms with Crippen LogP contribution in [-0.2, 0) is 10.3 Å². The second-order valence-electron chi connectivity index (χ2n) is 5.83. The van der Waals surface area contributed by atoms with E-state index in [0.29, 0.717) is 5.56 Å². The Labute approximate surface area is 120 Å². The number of hydrogen-bond donors (Lipinski definition) is 1. The molecule has 2 rings (SSSR count). The molecule has 1 aromatic rings. The van der Waals surface area contributed by atoms with E-state index in [-0.39, 0.29) is 5.82 Å². The molecule has 19 heavy (non-hydrogen) atoms. The number of amides is 1. The largest absolute Gasteiger partial charge is 0.444 e. The molecule has 0 saturated heterocycles. The minimum Gasteiger partial charge on any atom is -0.444 e. The van der Waals surface area contributed by atoms with Crippen LogP contribution in [0.1, 0.15) is 39.2 Å². The molecule has 0 atom stereocenters. The van der Waals surface area contributed by atoms with Gasteiger partial charge in [0.15, 0.2) is 0 Å². The lowest BCUT2D eigenvalue weighted by molar-refractivity contribution is 0.0494. The molecule has 1 N–H and O–H groups in total. The number of nitrogens with one attached hydrogen (secondary N) is 1. The van der Waals surface area contributed by atoms with Crippen LogP contribution in [0.15, 0.2) is 22.7 Å². The molecule has 104 valence electrons. The van der Waals surface area contributed by atoms with Gasteiger partial charge in [-0.25, -0.2) is 9.18 Å². The van der Waals surface area contributed by atoms with E-state index in [1.807, 2.05) is 0 Å². The molecule has 3 nitrogen and oxygen atoms in total. The van der Waals surface area contributed by atoms with E-state index in [2.05, 4.69) is 21.2 Å². The third-order valence-electron chi connectivity index (χ3n) is 2.93. The lowest BCUT2D eigenvalue weighted by Crippen LogP contribution is -2.39. The zero-order valence-electron chi connectivity index (χ0n) is 11.2. The zero-order chi connectivity index (χ0) is 14.3. The molecule has 1 aliphatic carbocycles. The van der Waals surface area contributed by atoms with Crippen LogP contribution in [0, 0.1) is 5.82 Å². The second-order valence-corrected chi connectivity index (χ2v) is 6.75. The topological polar surface area (TPSA) is 38.3 Å². The summed E-state index contributed by atoms with van der Waals surface area (Å²) in [5.41, 5.74) is -0.667. The average molecular weight is 330 g/mol. The van der Waals surface area contributed by atoms with Gasteiger partial charge < -0.3 is 10.1 Å². The molecule has 1 aromatic carbocycles. The van der Waals surface area contributed by atoms with Crippen LogP contribution in [0.25, 0.3) is 0 Å². The normalized spacial score (nSPS) is 16.9. The van der Waals surface area contributed by atoms with E-state index in [1.54, 1.807) is 32.9 Å². The first-order valence-electron chi connectivity index (χ1n) is 6.19. The summed E-state index contributed by atoms with van der Waals surface area (Å²) in [6.07, 6.45) is 0.934. The SMILES string of the molecule is CC(C)(C)OC(=O)NC1(c2cc(Br)ccc2F)CC1. The van der Waals surface area contributed by atoms with Crippen molar-refractivity contribution in [3.8, 4) is 0 Å². The Morgan fingerprint density at radius 1 is 1.42 bits per heavy atom. The van der Waals surface area contributed by atoms with Gasteiger partial charge in [-0.3, -0.25) is 0 Å². The maximum absolute atomic E-state index is 13.9. The van der Waals surface area contributed by atoms with E-state index >= 15 is 0 Å². The summed E-state index contributed by atoms with van der Waals surface area (Å²) < 4.78 is 19.9. The molecule has 5 heteroatoms. The first-order valence-corrected chi connectivity index (χ1v) is 6.98. The standard InChI is InChI=1S/C14H17BrFNO2/c1-13(2,3)19-12(18)17-14(6-7-14)10-8-9(15)4-5-11(10)16/h4-5,8H,6-7H2,1-3H3,(H,17,18). The van der Waals surface area contributed by atoms with Gasteiger partial charge in [0.25, 0.3) is 0 Å². The Bertz CT molecular complexity index is 507. The zero-order valence-corrected chi connectivity index (χ0v) is 12.8. The van der Waals surface area contributed by atoms with Gasteiger partial charge in [-0.2, -0.15) is 0 Å². The number of alkyl carbamates (subject to hydrolysis) is 1. The number of carbonyl (C=O) groups is 1. The minimum absolute atomic E-state index is 0.309. The predicted octanol–water partition coefficient (Wildman–Crippen LogP) is 4.10. The molecule has 1 amide bonds. The van der Waals surface area contributed by atoms with E-state index < -0.39 is 17.2 Å². The number of benzene rings is 1. The van der Waals surface area contributed by atoms with Gasteiger partial charge in [-0.15, -0.1) is 0 Å². The molecule has 1 aliphatic rings. The van der Waals surface area contributed by atoms with Crippen molar-refractivity contribution in [2.75, 3.05) is 0 Å². The summed E-state index contributed by atoms with van der Waals surface area (Å²) in [6, 6.07) is 4.75. The fourth-order valence-corrected chi connectivity index (χ4v) is 2.31. The van der Waals surface area contributed by atoms with Crippen LogP contribution in [0.3, 0.4) is 0 Å². The lowest BCUT2D eigenvalue weighted by Gasteiger charge is -2.24. The Hall–Kier alpha value is -1.10. The van der Waals surface area contributed by atoms with E-state index in [9.17, 15) is 9.18 Å². The van der Waals surface area contributed by atoms with Gasteiger partial charge in [0.2, 0.25) is 0 Å². The van der Waals surface area contributed by atoms with Crippen molar-refractivity contribution in [2.45, 2.75) is 44.8 Å². The first kappa shape index (κ1) is 14.3. The summed E-state index contributed by atoms with van der Waals surface area (Å²) in [7, 11) is 0. The van der Waals surface area contributed by atoms with Crippen molar-refractivity contribution in [2.24, 2.45) is 0 Å². The van der Waals surface area contributed by atoms with Crippen LogP contribution in [0.2, 0.25) is 0 Å². The van der Waals surface area contributed by atoms with Crippen LogP contribution in [0.4, 0.5) is 9.18 Å². The molecule has 0 aliphatic heterocycles. The molecular weight excluding hydrogens is 313 g/mol. The third kappa shape index (κ3) is 3.47. The fourth-order valence-electron chi connectivity index (χ4n) is 1.95. The molecule has 1 saturated carbocycles. The van der Waals surface area contributed by atoms with Gasteiger partial charge in [0.1, 0.15) is 11.4 Å². The van der Waals surface area contributed by atoms with E-state index in [1.165, 1.54) is 6.07 Å². The molecule has 0 radical (unpaired) electrons. The molecule has 0 bridgehead atoms.